The molecular weight excluding hydrogens is 516 g/mol. The highest BCUT2D eigenvalue weighted by molar-refractivity contribution is 7.17. The molecule has 0 atom stereocenters. The Hall–Kier alpha value is -4.02. The van der Waals surface area contributed by atoms with Gasteiger partial charge in [-0.05, 0) is 69.2 Å². The molecule has 1 aliphatic rings. The number of halogens is 1. The Morgan fingerprint density at radius 1 is 1.05 bits per heavy atom. The summed E-state index contributed by atoms with van der Waals surface area (Å²) in [5.74, 6) is -2.10. The normalized spacial score (nSPS) is 13.3. The zero-order chi connectivity index (χ0) is 26.9. The summed E-state index contributed by atoms with van der Waals surface area (Å²) in [5, 5.41) is 5.62. The van der Waals surface area contributed by atoms with Crippen molar-refractivity contribution in [2.75, 3.05) is 22.1 Å². The molecule has 0 saturated carbocycles. The maximum absolute atomic E-state index is 13.1. The van der Waals surface area contributed by atoms with Crippen LogP contribution in [0, 0.1) is 20.8 Å². The number of thiazole rings is 1. The molecule has 0 radical (unpaired) electrons. The number of nitrogens with one attached hydrogen (secondary N) is 2. The number of aryl methyl sites for hydroxylation is 3. The van der Waals surface area contributed by atoms with Gasteiger partial charge in [0.2, 0.25) is 0 Å². The first kappa shape index (κ1) is 26.1. The van der Waals surface area contributed by atoms with Crippen LogP contribution in [0.15, 0.2) is 53.2 Å². The Balaban J connectivity index is 1.47. The lowest BCUT2D eigenvalue weighted by molar-refractivity contribution is -0.120. The van der Waals surface area contributed by atoms with Gasteiger partial charge in [-0.1, -0.05) is 35.1 Å². The van der Waals surface area contributed by atoms with Gasteiger partial charge in [0.1, 0.15) is 15.6 Å². The minimum absolute atomic E-state index is 0.0467. The van der Waals surface area contributed by atoms with Crippen LogP contribution in [-0.2, 0) is 14.3 Å². The third kappa shape index (κ3) is 5.25. The topological polar surface area (TPSA) is 118 Å². The van der Waals surface area contributed by atoms with Gasteiger partial charge in [-0.25, -0.2) is 14.7 Å². The van der Waals surface area contributed by atoms with Gasteiger partial charge >= 0.3 is 5.97 Å². The number of nitrogens with zero attached hydrogens (tertiary/aromatic N) is 2. The molecule has 2 N–H and O–H groups in total. The predicted octanol–water partition coefficient (Wildman–Crippen LogP) is 4.93. The van der Waals surface area contributed by atoms with E-state index in [0.29, 0.717) is 27.5 Å². The van der Waals surface area contributed by atoms with Gasteiger partial charge in [-0.15, -0.1) is 0 Å². The second-order valence-electron chi connectivity index (χ2n) is 8.24. The molecule has 11 heteroatoms. The van der Waals surface area contributed by atoms with Crippen LogP contribution < -0.4 is 15.5 Å². The van der Waals surface area contributed by atoms with E-state index in [-0.39, 0.29) is 22.5 Å². The number of anilines is 3. The van der Waals surface area contributed by atoms with Gasteiger partial charge in [0.25, 0.3) is 17.7 Å². The van der Waals surface area contributed by atoms with E-state index >= 15 is 0 Å². The molecule has 2 aromatic carbocycles. The maximum Gasteiger partial charge on any atom is 0.350 e. The first-order valence-corrected chi connectivity index (χ1v) is 12.5. The standard InChI is InChI=1S/C26H23ClN4O5S/c1-5-36-25(35)21-15(4)28-26(37-21)30-22(32)16-8-10-17(11-9-16)29-20-19(27)23(33)31(24(20)34)18-12-13(2)6-7-14(18)3/h6-12,29H,5H2,1-4H3,(H,28,30,32). The van der Waals surface area contributed by atoms with E-state index in [0.717, 1.165) is 27.4 Å². The smallest absolute Gasteiger partial charge is 0.350 e. The average molecular weight is 539 g/mol. The van der Waals surface area contributed by atoms with Crippen molar-refractivity contribution in [3.8, 4) is 0 Å². The van der Waals surface area contributed by atoms with Crippen LogP contribution in [0.25, 0.3) is 0 Å². The molecule has 37 heavy (non-hydrogen) atoms. The number of imide groups is 1. The number of esters is 1. The van der Waals surface area contributed by atoms with Crippen molar-refractivity contribution < 1.29 is 23.9 Å². The molecule has 9 nitrogen and oxygen atoms in total. The van der Waals surface area contributed by atoms with Gasteiger partial charge in [0, 0.05) is 11.3 Å². The van der Waals surface area contributed by atoms with E-state index in [9.17, 15) is 19.2 Å². The first-order valence-electron chi connectivity index (χ1n) is 11.3. The van der Waals surface area contributed by atoms with Crippen LogP contribution >= 0.6 is 22.9 Å². The highest BCUT2D eigenvalue weighted by atomic mass is 35.5. The second-order valence-corrected chi connectivity index (χ2v) is 9.61. The lowest BCUT2D eigenvalue weighted by atomic mass is 10.1. The summed E-state index contributed by atoms with van der Waals surface area (Å²) in [6.45, 7) is 7.29. The van der Waals surface area contributed by atoms with E-state index in [2.05, 4.69) is 15.6 Å². The van der Waals surface area contributed by atoms with Crippen molar-refractivity contribution in [3.05, 3.63) is 80.5 Å². The molecule has 0 aliphatic carbocycles. The zero-order valence-corrected chi connectivity index (χ0v) is 22.0. The van der Waals surface area contributed by atoms with Crippen LogP contribution in [-0.4, -0.2) is 35.3 Å². The maximum atomic E-state index is 13.1. The molecule has 0 saturated heterocycles. The minimum Gasteiger partial charge on any atom is -0.462 e. The van der Waals surface area contributed by atoms with E-state index < -0.39 is 23.7 Å². The zero-order valence-electron chi connectivity index (χ0n) is 20.5. The fourth-order valence-corrected chi connectivity index (χ4v) is 4.71. The SMILES string of the molecule is CCOC(=O)c1sc(NC(=O)c2ccc(NC3=C(Cl)C(=O)N(c4cc(C)ccc4C)C3=O)cc2)nc1C. The summed E-state index contributed by atoms with van der Waals surface area (Å²) < 4.78 is 4.99. The largest absolute Gasteiger partial charge is 0.462 e. The highest BCUT2D eigenvalue weighted by Crippen LogP contribution is 2.32. The molecule has 2 heterocycles. The number of aromatic nitrogens is 1. The lowest BCUT2D eigenvalue weighted by Crippen LogP contribution is -2.32. The van der Waals surface area contributed by atoms with Gasteiger partial charge in [0.05, 0.1) is 18.0 Å². The molecule has 0 fully saturated rings. The molecule has 1 aliphatic heterocycles. The quantitative estimate of drug-likeness (QED) is 0.323. The molecule has 0 bridgehead atoms. The minimum atomic E-state index is -0.611. The number of carbonyl (C=O) groups is 4. The number of hydrogen-bond donors (Lipinski definition) is 2. The second kappa shape index (κ2) is 10.5. The molecule has 3 amide bonds. The summed E-state index contributed by atoms with van der Waals surface area (Å²) in [6, 6.07) is 11.7. The first-order chi connectivity index (χ1) is 17.6. The fourth-order valence-electron chi connectivity index (χ4n) is 3.64. The molecule has 3 aromatic rings. The monoisotopic (exact) mass is 538 g/mol. The van der Waals surface area contributed by atoms with Crippen LogP contribution in [0.2, 0.25) is 0 Å². The van der Waals surface area contributed by atoms with Crippen molar-refractivity contribution in [2.24, 2.45) is 0 Å². The Morgan fingerprint density at radius 3 is 2.43 bits per heavy atom. The van der Waals surface area contributed by atoms with E-state index in [1.54, 1.807) is 44.2 Å². The third-order valence-electron chi connectivity index (χ3n) is 5.53. The summed E-state index contributed by atoms with van der Waals surface area (Å²) in [5.41, 5.74) is 3.34. The van der Waals surface area contributed by atoms with Crippen molar-refractivity contribution in [1.29, 1.82) is 0 Å². The number of amides is 3. The van der Waals surface area contributed by atoms with Gasteiger partial charge in [-0.3, -0.25) is 19.7 Å². The van der Waals surface area contributed by atoms with Crippen molar-refractivity contribution >= 4 is 63.1 Å². The molecule has 190 valence electrons. The summed E-state index contributed by atoms with van der Waals surface area (Å²) >= 11 is 7.27. The van der Waals surface area contributed by atoms with Crippen LogP contribution in [0.1, 0.15) is 43.8 Å². The summed E-state index contributed by atoms with van der Waals surface area (Å²) in [7, 11) is 0. The molecule has 4 rings (SSSR count). The number of benzene rings is 2. The van der Waals surface area contributed by atoms with Gasteiger partial charge in [-0.2, -0.15) is 0 Å². The van der Waals surface area contributed by atoms with Crippen molar-refractivity contribution in [1.82, 2.24) is 4.98 Å². The molecule has 0 spiro atoms. The average Bonchev–Trinajstić information content (AvgIpc) is 3.33. The molecule has 1 aromatic heterocycles. The van der Waals surface area contributed by atoms with E-state index in [1.165, 1.54) is 0 Å². The Bertz CT molecular complexity index is 1460. The third-order valence-corrected chi connectivity index (χ3v) is 6.93. The summed E-state index contributed by atoms with van der Waals surface area (Å²) in [4.78, 5) is 56.1. The van der Waals surface area contributed by atoms with Gasteiger partial charge < -0.3 is 10.1 Å². The number of rotatable bonds is 7. The Kier molecular flexibility index (Phi) is 7.42. The number of carbonyl (C=O) groups excluding carboxylic acids is 4. The van der Waals surface area contributed by atoms with Crippen LogP contribution in [0.4, 0.5) is 16.5 Å². The van der Waals surface area contributed by atoms with Gasteiger partial charge in [0.15, 0.2) is 5.13 Å². The highest BCUT2D eigenvalue weighted by Gasteiger charge is 2.39. The molecule has 0 unspecified atom stereocenters. The number of ether oxygens (including phenoxy) is 1. The van der Waals surface area contributed by atoms with E-state index in [4.69, 9.17) is 16.3 Å². The Morgan fingerprint density at radius 2 is 1.76 bits per heavy atom. The predicted molar refractivity (Wildman–Crippen MR) is 142 cm³/mol. The molecular formula is C26H23ClN4O5S. The number of hydrogen-bond acceptors (Lipinski definition) is 8. The van der Waals surface area contributed by atoms with Crippen molar-refractivity contribution in [2.45, 2.75) is 27.7 Å². The van der Waals surface area contributed by atoms with Crippen molar-refractivity contribution in [3.63, 3.8) is 0 Å². The van der Waals surface area contributed by atoms with E-state index in [1.807, 2.05) is 26.0 Å². The summed E-state index contributed by atoms with van der Waals surface area (Å²) in [6.07, 6.45) is 0. The Labute approximate surface area is 222 Å². The fraction of sp³-hybridized carbons (Fsp3) is 0.192. The lowest BCUT2D eigenvalue weighted by Gasteiger charge is -2.18. The van der Waals surface area contributed by atoms with Crippen LogP contribution in [0.3, 0.4) is 0 Å². The van der Waals surface area contributed by atoms with Crippen LogP contribution in [0.5, 0.6) is 0 Å².